The molecule has 28 heavy (non-hydrogen) atoms. The van der Waals surface area contributed by atoms with E-state index in [1.54, 1.807) is 0 Å². The van der Waals surface area contributed by atoms with Crippen LogP contribution in [0.25, 0.3) is 0 Å². The van der Waals surface area contributed by atoms with Gasteiger partial charge in [0.15, 0.2) is 0 Å². The van der Waals surface area contributed by atoms with Crippen LogP contribution in [0.5, 0.6) is 0 Å². The molecule has 2 N–H and O–H groups in total. The van der Waals surface area contributed by atoms with E-state index in [4.69, 9.17) is 4.74 Å². The van der Waals surface area contributed by atoms with Crippen molar-refractivity contribution in [2.24, 2.45) is 34.5 Å². The lowest BCUT2D eigenvalue weighted by Gasteiger charge is -2.60. The molecule has 5 aliphatic carbocycles. The Morgan fingerprint density at radius 3 is 2.75 bits per heavy atom. The topological polar surface area (TPSA) is 49.7 Å². The van der Waals surface area contributed by atoms with E-state index in [-0.39, 0.29) is 23.0 Å². The van der Waals surface area contributed by atoms with Gasteiger partial charge in [-0.1, -0.05) is 25.5 Å². The van der Waals surface area contributed by atoms with E-state index in [0.717, 1.165) is 45.1 Å². The number of aliphatic hydroxyl groups is 2. The van der Waals surface area contributed by atoms with Gasteiger partial charge in [0.05, 0.1) is 24.6 Å². The molecule has 8 atom stereocenters. The van der Waals surface area contributed by atoms with Crippen LogP contribution in [0.15, 0.2) is 23.5 Å². The van der Waals surface area contributed by atoms with Crippen molar-refractivity contribution in [1.82, 2.24) is 0 Å². The predicted octanol–water partition coefficient (Wildman–Crippen LogP) is 4.98. The first-order valence-corrected chi connectivity index (χ1v) is 11.8. The molecule has 156 valence electrons. The lowest BCUT2D eigenvalue weighted by Crippen LogP contribution is -2.56. The van der Waals surface area contributed by atoms with E-state index in [9.17, 15) is 10.2 Å². The first-order valence-electron chi connectivity index (χ1n) is 11.8. The number of rotatable bonds is 3. The molecular formula is C25H38O3. The fourth-order valence-electron chi connectivity index (χ4n) is 8.21. The first-order chi connectivity index (χ1) is 13.4. The lowest BCUT2D eigenvalue weighted by molar-refractivity contribution is -0.113. The van der Waals surface area contributed by atoms with Crippen molar-refractivity contribution < 1.29 is 14.9 Å². The highest BCUT2D eigenvalue weighted by atomic mass is 16.5. The van der Waals surface area contributed by atoms with Crippen molar-refractivity contribution in [1.29, 1.82) is 0 Å². The van der Waals surface area contributed by atoms with Crippen molar-refractivity contribution in [2.75, 3.05) is 6.61 Å². The second kappa shape index (κ2) is 6.87. The minimum atomic E-state index is -0.289. The first kappa shape index (κ1) is 19.2. The van der Waals surface area contributed by atoms with Gasteiger partial charge >= 0.3 is 0 Å². The van der Waals surface area contributed by atoms with Gasteiger partial charge in [-0.3, -0.25) is 0 Å². The van der Waals surface area contributed by atoms with Gasteiger partial charge in [0.25, 0.3) is 0 Å². The molecule has 0 heterocycles. The van der Waals surface area contributed by atoms with Crippen molar-refractivity contribution in [3.05, 3.63) is 23.5 Å². The summed E-state index contributed by atoms with van der Waals surface area (Å²) in [5, 5.41) is 21.2. The van der Waals surface area contributed by atoms with Gasteiger partial charge < -0.3 is 14.9 Å². The average molecular weight is 387 g/mol. The van der Waals surface area contributed by atoms with Crippen molar-refractivity contribution in [3.63, 3.8) is 0 Å². The monoisotopic (exact) mass is 386 g/mol. The molecule has 5 rings (SSSR count). The van der Waals surface area contributed by atoms with Gasteiger partial charge in [-0.25, -0.2) is 0 Å². The normalized spacial score (nSPS) is 50.3. The van der Waals surface area contributed by atoms with Crippen LogP contribution in [0.4, 0.5) is 0 Å². The van der Waals surface area contributed by atoms with Crippen LogP contribution >= 0.6 is 0 Å². The minimum Gasteiger partial charge on any atom is -0.497 e. The van der Waals surface area contributed by atoms with Crippen LogP contribution in [0, 0.1) is 34.5 Å². The lowest BCUT2D eigenvalue weighted by atomic mass is 9.45. The van der Waals surface area contributed by atoms with Crippen LogP contribution in [-0.2, 0) is 4.74 Å². The number of hydrogen-bond donors (Lipinski definition) is 2. The van der Waals surface area contributed by atoms with E-state index in [0.29, 0.717) is 23.7 Å². The Bertz CT molecular complexity index is 681. The summed E-state index contributed by atoms with van der Waals surface area (Å²) in [6, 6.07) is 0. The summed E-state index contributed by atoms with van der Waals surface area (Å²) in [4.78, 5) is 0. The minimum absolute atomic E-state index is 0.0838. The Balaban J connectivity index is 1.50. The number of allylic oxidation sites excluding steroid dienone is 2. The number of fused-ring (bicyclic) bond motifs is 5. The zero-order chi connectivity index (χ0) is 19.5. The fraction of sp³-hybridized carbons (Fsp3) is 0.840. The Morgan fingerprint density at radius 1 is 1.11 bits per heavy atom. The van der Waals surface area contributed by atoms with Crippen LogP contribution in [-0.4, -0.2) is 29.0 Å². The third-order valence-corrected chi connectivity index (χ3v) is 9.76. The van der Waals surface area contributed by atoms with Crippen LogP contribution in [0.3, 0.4) is 0 Å². The maximum Gasteiger partial charge on any atom is 0.0975 e. The van der Waals surface area contributed by atoms with Crippen LogP contribution in [0.1, 0.15) is 78.1 Å². The molecule has 0 aromatic carbocycles. The molecule has 0 aromatic rings. The summed E-state index contributed by atoms with van der Waals surface area (Å²) in [6.45, 7) is 5.52. The molecule has 0 aliphatic heterocycles. The number of aliphatic hydroxyl groups excluding tert-OH is 2. The van der Waals surface area contributed by atoms with E-state index in [1.165, 1.54) is 37.0 Å². The predicted molar refractivity (Wildman–Crippen MR) is 110 cm³/mol. The zero-order valence-corrected chi connectivity index (χ0v) is 17.7. The fourth-order valence-corrected chi connectivity index (χ4v) is 8.21. The molecule has 0 amide bonds. The van der Waals surface area contributed by atoms with E-state index in [1.807, 2.05) is 0 Å². The number of hydrogen-bond acceptors (Lipinski definition) is 3. The Hall–Kier alpha value is -0.800. The van der Waals surface area contributed by atoms with Gasteiger partial charge in [0, 0.05) is 11.8 Å². The van der Waals surface area contributed by atoms with Crippen molar-refractivity contribution in [3.8, 4) is 0 Å². The molecule has 3 unspecified atom stereocenters. The third-order valence-electron chi connectivity index (χ3n) is 9.76. The van der Waals surface area contributed by atoms with Gasteiger partial charge in [-0.05, 0) is 93.0 Å². The maximum absolute atomic E-state index is 10.7. The second-order valence-electron chi connectivity index (χ2n) is 10.8. The quantitative estimate of drug-likeness (QED) is 0.673. The SMILES string of the molecule is CC1CC(O)C=C2CC[C@@H]3[C@@H](CC[C@]4(C)C(O)CC[C@@H]34)[C@]21COC1=CCCC1. The Kier molecular flexibility index (Phi) is 4.71. The van der Waals surface area contributed by atoms with Gasteiger partial charge in [-0.2, -0.15) is 0 Å². The van der Waals surface area contributed by atoms with Gasteiger partial charge in [-0.15, -0.1) is 0 Å². The molecule has 5 aliphatic rings. The molecule has 0 saturated heterocycles. The van der Waals surface area contributed by atoms with E-state index in [2.05, 4.69) is 26.0 Å². The molecule has 3 nitrogen and oxygen atoms in total. The second-order valence-corrected chi connectivity index (χ2v) is 10.8. The van der Waals surface area contributed by atoms with Gasteiger partial charge in [0.2, 0.25) is 0 Å². The highest BCUT2D eigenvalue weighted by molar-refractivity contribution is 5.28. The van der Waals surface area contributed by atoms with Crippen molar-refractivity contribution >= 4 is 0 Å². The molecule has 0 bridgehead atoms. The summed E-state index contributed by atoms with van der Waals surface area (Å²) in [5.74, 6) is 3.65. The highest BCUT2D eigenvalue weighted by Gasteiger charge is 2.61. The molecule has 0 spiro atoms. The third kappa shape index (κ3) is 2.68. The van der Waals surface area contributed by atoms with E-state index < -0.39 is 0 Å². The van der Waals surface area contributed by atoms with Crippen LogP contribution in [0.2, 0.25) is 0 Å². The average Bonchev–Trinajstić information content (AvgIpc) is 3.28. The summed E-state index contributed by atoms with van der Waals surface area (Å²) in [5.41, 5.74) is 1.69. The number of ether oxygens (including phenoxy) is 1. The summed E-state index contributed by atoms with van der Waals surface area (Å²) >= 11 is 0. The Morgan fingerprint density at radius 2 is 1.96 bits per heavy atom. The van der Waals surface area contributed by atoms with Crippen molar-refractivity contribution in [2.45, 2.75) is 90.3 Å². The largest absolute Gasteiger partial charge is 0.497 e. The van der Waals surface area contributed by atoms with Crippen LogP contribution < -0.4 is 0 Å². The molecule has 0 aromatic heterocycles. The maximum atomic E-state index is 10.7. The molecule has 3 heteroatoms. The summed E-state index contributed by atoms with van der Waals surface area (Å²) in [7, 11) is 0. The Labute approximate surface area is 170 Å². The summed E-state index contributed by atoms with van der Waals surface area (Å²) in [6.07, 6.45) is 15.3. The summed E-state index contributed by atoms with van der Waals surface area (Å²) < 4.78 is 6.50. The van der Waals surface area contributed by atoms with E-state index >= 15 is 0 Å². The molecule has 3 fully saturated rings. The standard InChI is InChI=1S/C25H38O3/c1-16-13-18(26)14-17-7-8-20-21-9-10-23(27)24(21,2)12-11-22(20)25(16,17)15-28-19-5-3-4-6-19/h5,14,16,18,20-23,26-27H,3-4,6-13,15H2,1-2H3/t16?,18?,20-,21-,22+,23?,24-,25-/m0/s1. The molecular weight excluding hydrogens is 348 g/mol. The smallest absolute Gasteiger partial charge is 0.0975 e. The zero-order valence-electron chi connectivity index (χ0n) is 17.7. The van der Waals surface area contributed by atoms with Gasteiger partial charge in [0.1, 0.15) is 0 Å². The highest BCUT2D eigenvalue weighted by Crippen LogP contribution is 2.66. The molecule has 3 saturated carbocycles. The molecule has 0 radical (unpaired) electrons.